The molecule has 41 heavy (non-hydrogen) atoms. The molecule has 0 aliphatic heterocycles. The third kappa shape index (κ3) is 5.21. The maximum absolute atomic E-state index is 13.3. The number of carbonyl (C=O) groups is 1. The maximum atomic E-state index is 13.3. The highest BCUT2D eigenvalue weighted by Gasteiger charge is 2.50. The fraction of sp³-hybridized carbons (Fsp3) is 0.412. The summed E-state index contributed by atoms with van der Waals surface area (Å²) in [6.45, 7) is 7.50. The molecule has 2 aromatic heterocycles. The van der Waals surface area contributed by atoms with Crippen LogP contribution in [-0.4, -0.2) is 44.7 Å². The largest absolute Gasteiger partial charge is 0.494 e. The van der Waals surface area contributed by atoms with E-state index in [1.54, 1.807) is 19.5 Å². The van der Waals surface area contributed by atoms with E-state index in [1.165, 1.54) is 23.9 Å². The Bertz CT molecular complexity index is 1430. The minimum Gasteiger partial charge on any atom is -0.494 e. The van der Waals surface area contributed by atoms with E-state index < -0.39 is 8.32 Å². The molecule has 1 aliphatic rings. The second-order valence-corrected chi connectivity index (χ2v) is 16.5. The number of esters is 1. The molecule has 2 aromatic carbocycles. The Morgan fingerprint density at radius 1 is 0.927 bits per heavy atom. The Morgan fingerprint density at radius 2 is 1.54 bits per heavy atom. The lowest BCUT2D eigenvalue weighted by atomic mass is 9.66. The number of hydrogen-bond acceptors (Lipinski definition) is 5. The summed E-state index contributed by atoms with van der Waals surface area (Å²) in [5.74, 6) is 0.110. The number of rotatable bonds is 9. The molecule has 1 aliphatic carbocycles. The normalized spacial score (nSPS) is 15.5. The van der Waals surface area contributed by atoms with E-state index in [1.807, 2.05) is 10.6 Å². The number of ether oxygens (including phenoxy) is 2. The summed E-state index contributed by atoms with van der Waals surface area (Å²) in [5, 5.41) is 6.96. The van der Waals surface area contributed by atoms with Crippen LogP contribution in [0.4, 0.5) is 0 Å². The molecule has 0 spiro atoms. The van der Waals surface area contributed by atoms with E-state index in [2.05, 4.69) is 86.5 Å². The highest BCUT2D eigenvalue weighted by atomic mass is 28.4. The Morgan fingerprint density at radius 3 is 2.07 bits per heavy atom. The molecule has 4 aromatic rings. The lowest BCUT2D eigenvalue weighted by Crippen LogP contribution is -2.66. The first-order valence-electron chi connectivity index (χ1n) is 14.7. The Balaban J connectivity index is 1.63. The molecular weight excluding hydrogens is 528 g/mol. The van der Waals surface area contributed by atoms with Crippen LogP contribution in [0.15, 0.2) is 79.1 Å². The van der Waals surface area contributed by atoms with Gasteiger partial charge in [0.15, 0.2) is 5.75 Å². The molecule has 0 radical (unpaired) electrons. The fourth-order valence-electron chi connectivity index (χ4n) is 7.05. The van der Waals surface area contributed by atoms with Gasteiger partial charge in [-0.05, 0) is 40.7 Å². The van der Waals surface area contributed by atoms with Gasteiger partial charge in [0.1, 0.15) is 5.56 Å². The Hall–Kier alpha value is -3.42. The molecule has 0 unspecified atom stereocenters. The SMILES string of the molecule is COC(=O)c1c(OC)cn2nccc2c1C1(CCO[Si](c2ccccc2)(c2ccccc2)C(C)(C)C)CCCCC1. The van der Waals surface area contributed by atoms with Crippen molar-refractivity contribution in [3.63, 3.8) is 0 Å². The van der Waals surface area contributed by atoms with Gasteiger partial charge in [0.05, 0.1) is 25.9 Å². The van der Waals surface area contributed by atoms with Crippen LogP contribution in [-0.2, 0) is 14.6 Å². The van der Waals surface area contributed by atoms with E-state index in [9.17, 15) is 4.79 Å². The van der Waals surface area contributed by atoms with Crippen molar-refractivity contribution in [1.82, 2.24) is 9.61 Å². The van der Waals surface area contributed by atoms with E-state index in [0.717, 1.165) is 43.2 Å². The summed E-state index contributed by atoms with van der Waals surface area (Å²) in [4.78, 5) is 13.3. The lowest BCUT2D eigenvalue weighted by molar-refractivity contribution is 0.0591. The summed E-state index contributed by atoms with van der Waals surface area (Å²) in [6.07, 6.45) is 9.66. The monoisotopic (exact) mass is 570 g/mol. The van der Waals surface area contributed by atoms with Gasteiger partial charge in [-0.2, -0.15) is 5.10 Å². The van der Waals surface area contributed by atoms with Crippen LogP contribution in [0.5, 0.6) is 5.75 Å². The van der Waals surface area contributed by atoms with E-state index in [0.29, 0.717) is 17.9 Å². The van der Waals surface area contributed by atoms with Crippen molar-refractivity contribution in [2.75, 3.05) is 20.8 Å². The summed E-state index contributed by atoms with van der Waals surface area (Å²) >= 11 is 0. The minimum atomic E-state index is -2.70. The van der Waals surface area contributed by atoms with Gasteiger partial charge in [-0.15, -0.1) is 0 Å². The molecule has 216 valence electrons. The van der Waals surface area contributed by atoms with Crippen LogP contribution in [0.3, 0.4) is 0 Å². The maximum Gasteiger partial charge on any atom is 0.342 e. The quantitative estimate of drug-likeness (QED) is 0.175. The lowest BCUT2D eigenvalue weighted by Gasteiger charge is -2.45. The highest BCUT2D eigenvalue weighted by molar-refractivity contribution is 6.99. The zero-order valence-corrected chi connectivity index (χ0v) is 26.0. The standard InChI is InChI=1S/C34H42N2O4Si/c1-33(2,3)41(26-15-9-6-10-16-26,27-17-11-7-12-18-27)40-24-22-34(20-13-8-14-21-34)31-28-19-23-35-36(28)25-29(38-4)30(31)32(37)39-5/h6-7,9-12,15-19,23,25H,8,13-14,20-22,24H2,1-5H3. The predicted octanol–water partition coefficient (Wildman–Crippen LogP) is 6.30. The molecular formula is C34H42N2O4Si. The van der Waals surface area contributed by atoms with Crippen molar-refractivity contribution in [3.8, 4) is 5.75 Å². The van der Waals surface area contributed by atoms with Gasteiger partial charge in [-0.25, -0.2) is 9.31 Å². The summed E-state index contributed by atoms with van der Waals surface area (Å²) in [6, 6.07) is 23.5. The Kier molecular flexibility index (Phi) is 8.39. The number of aromatic nitrogens is 2. The number of benzene rings is 2. The molecule has 0 saturated heterocycles. The van der Waals surface area contributed by atoms with Crippen molar-refractivity contribution in [2.24, 2.45) is 0 Å². The molecule has 0 N–H and O–H groups in total. The smallest absolute Gasteiger partial charge is 0.342 e. The molecule has 1 fully saturated rings. The van der Waals surface area contributed by atoms with E-state index >= 15 is 0 Å². The van der Waals surface area contributed by atoms with Gasteiger partial charge >= 0.3 is 5.97 Å². The summed E-state index contributed by atoms with van der Waals surface area (Å²) in [7, 11) is 0.332. The van der Waals surface area contributed by atoms with E-state index in [-0.39, 0.29) is 16.4 Å². The van der Waals surface area contributed by atoms with Crippen LogP contribution in [0, 0.1) is 0 Å². The van der Waals surface area contributed by atoms with E-state index in [4.69, 9.17) is 13.9 Å². The zero-order valence-electron chi connectivity index (χ0n) is 25.0. The zero-order chi connectivity index (χ0) is 29.1. The summed E-state index contributed by atoms with van der Waals surface area (Å²) in [5.41, 5.74) is 2.14. The van der Waals surface area contributed by atoms with Gasteiger partial charge in [0.25, 0.3) is 8.32 Å². The second kappa shape index (κ2) is 11.8. The Labute approximate surface area is 244 Å². The van der Waals surface area contributed by atoms with Crippen molar-refractivity contribution in [3.05, 3.63) is 90.3 Å². The number of fused-ring (bicyclic) bond motifs is 1. The van der Waals surface area contributed by atoms with Crippen molar-refractivity contribution >= 4 is 30.2 Å². The first kappa shape index (κ1) is 29.1. The molecule has 1 saturated carbocycles. The van der Waals surface area contributed by atoms with Crippen LogP contribution >= 0.6 is 0 Å². The van der Waals surface area contributed by atoms with Gasteiger partial charge < -0.3 is 13.9 Å². The average Bonchev–Trinajstić information content (AvgIpc) is 3.47. The van der Waals surface area contributed by atoms with Crippen LogP contribution in [0.25, 0.3) is 5.52 Å². The first-order chi connectivity index (χ1) is 19.8. The van der Waals surface area contributed by atoms with Gasteiger partial charge in [0, 0.05) is 23.8 Å². The molecule has 2 heterocycles. The number of carbonyl (C=O) groups excluding carboxylic acids is 1. The molecule has 0 atom stereocenters. The van der Waals surface area contributed by atoms with Crippen LogP contribution in [0.2, 0.25) is 5.04 Å². The van der Waals surface area contributed by atoms with Gasteiger partial charge in [0.2, 0.25) is 0 Å². The predicted molar refractivity (Wildman–Crippen MR) is 166 cm³/mol. The number of hydrogen-bond donors (Lipinski definition) is 0. The molecule has 7 heteroatoms. The highest BCUT2D eigenvalue weighted by Crippen LogP contribution is 2.48. The molecule has 6 nitrogen and oxygen atoms in total. The average molecular weight is 571 g/mol. The third-order valence-corrected chi connectivity index (χ3v) is 14.0. The van der Waals surface area contributed by atoms with Crippen molar-refractivity contribution in [1.29, 1.82) is 0 Å². The van der Waals surface area contributed by atoms with Gasteiger partial charge in [-0.1, -0.05) is 101 Å². The first-order valence-corrected chi connectivity index (χ1v) is 16.6. The number of methoxy groups -OCH3 is 2. The van der Waals surface area contributed by atoms with Crippen LogP contribution in [0.1, 0.15) is 75.2 Å². The van der Waals surface area contributed by atoms with Crippen LogP contribution < -0.4 is 15.1 Å². The third-order valence-electron chi connectivity index (χ3n) is 8.93. The molecule has 0 bridgehead atoms. The second-order valence-electron chi connectivity index (χ2n) is 12.2. The molecule has 5 rings (SSSR count). The summed E-state index contributed by atoms with van der Waals surface area (Å²) < 4.78 is 20.3. The molecule has 0 amide bonds. The van der Waals surface area contributed by atoms with Crippen molar-refractivity contribution in [2.45, 2.75) is 69.7 Å². The van der Waals surface area contributed by atoms with Crippen molar-refractivity contribution < 1.29 is 18.7 Å². The topological polar surface area (TPSA) is 62.1 Å². The van der Waals surface area contributed by atoms with Gasteiger partial charge in [-0.3, -0.25) is 0 Å². The minimum absolute atomic E-state index is 0.110. The number of pyridine rings is 1. The number of nitrogens with zero attached hydrogens (tertiary/aromatic N) is 2. The fourth-order valence-corrected chi connectivity index (χ4v) is 11.6.